The fraction of sp³-hybridized carbons (Fsp3) is 0.533. The smallest absolute Gasteiger partial charge is 0.253 e. The van der Waals surface area contributed by atoms with E-state index in [0.29, 0.717) is 30.3 Å². The van der Waals surface area contributed by atoms with Gasteiger partial charge in [0, 0.05) is 12.3 Å². The van der Waals surface area contributed by atoms with Crippen LogP contribution >= 0.6 is 0 Å². The highest BCUT2D eigenvalue weighted by atomic mass is 16.5. The number of amides is 1. The lowest BCUT2D eigenvalue weighted by Crippen LogP contribution is -2.32. The zero-order valence-electron chi connectivity index (χ0n) is 13.0. The summed E-state index contributed by atoms with van der Waals surface area (Å²) in [5.74, 6) is 0.286. The molecule has 1 amide bonds. The normalized spacial score (nSPS) is 13.5. The first-order valence-corrected chi connectivity index (χ1v) is 6.95. The zero-order valence-corrected chi connectivity index (χ0v) is 13.0. The van der Waals surface area contributed by atoms with E-state index in [4.69, 9.17) is 19.9 Å². The second kappa shape index (κ2) is 8.49. The summed E-state index contributed by atoms with van der Waals surface area (Å²) in [7, 11) is 1.53. The Hall–Kier alpha value is -1.79. The van der Waals surface area contributed by atoms with E-state index in [1.165, 1.54) is 7.11 Å². The summed E-state index contributed by atoms with van der Waals surface area (Å²) >= 11 is 0. The van der Waals surface area contributed by atoms with Gasteiger partial charge in [0.05, 0.1) is 25.5 Å². The second-order valence-corrected chi connectivity index (χ2v) is 4.70. The largest absolute Gasteiger partial charge is 0.495 e. The molecule has 0 radical (unpaired) electrons. The first-order valence-electron chi connectivity index (χ1n) is 6.95. The summed E-state index contributed by atoms with van der Waals surface area (Å²) in [6.45, 7) is 6.54. The van der Waals surface area contributed by atoms with Crippen LogP contribution in [-0.2, 0) is 14.3 Å². The molecule has 0 saturated heterocycles. The van der Waals surface area contributed by atoms with Crippen LogP contribution in [0.5, 0.6) is 5.75 Å². The van der Waals surface area contributed by atoms with Crippen molar-refractivity contribution in [3.05, 3.63) is 18.2 Å². The maximum atomic E-state index is 12.1. The molecule has 1 aromatic rings. The number of carbonyl (C=O) groups excluding carboxylic acids is 1. The van der Waals surface area contributed by atoms with Crippen LogP contribution in [0.25, 0.3) is 0 Å². The third-order valence-electron chi connectivity index (χ3n) is 2.84. The summed E-state index contributed by atoms with van der Waals surface area (Å²) in [4.78, 5) is 12.1. The van der Waals surface area contributed by atoms with E-state index >= 15 is 0 Å². The van der Waals surface area contributed by atoms with E-state index in [1.54, 1.807) is 25.1 Å². The minimum Gasteiger partial charge on any atom is -0.495 e. The topological polar surface area (TPSA) is 82.8 Å². The molecule has 6 nitrogen and oxygen atoms in total. The van der Waals surface area contributed by atoms with Crippen molar-refractivity contribution in [2.45, 2.75) is 33.0 Å². The van der Waals surface area contributed by atoms with Crippen LogP contribution in [-0.4, -0.2) is 38.4 Å². The van der Waals surface area contributed by atoms with Crippen LogP contribution in [0.3, 0.4) is 0 Å². The number of nitrogens with two attached hydrogens (primary N) is 1. The summed E-state index contributed by atoms with van der Waals surface area (Å²) in [6, 6.07) is 5.06. The van der Waals surface area contributed by atoms with Crippen LogP contribution in [0.4, 0.5) is 11.4 Å². The standard InChI is InChI=1S/C15H24N2O4/c1-5-20-9-10(2)21-11(3)15(18)17-13-8-12(16)6-7-14(13)19-4/h6-8,10-11H,5,9,16H2,1-4H3,(H,17,18). The van der Waals surface area contributed by atoms with Crippen molar-refractivity contribution in [1.82, 2.24) is 0 Å². The molecule has 0 heterocycles. The van der Waals surface area contributed by atoms with Crippen LogP contribution in [0.15, 0.2) is 18.2 Å². The van der Waals surface area contributed by atoms with Gasteiger partial charge in [-0.3, -0.25) is 4.79 Å². The highest BCUT2D eigenvalue weighted by molar-refractivity contribution is 5.95. The Morgan fingerprint density at radius 2 is 2.10 bits per heavy atom. The van der Waals surface area contributed by atoms with Crippen molar-refractivity contribution in [3.8, 4) is 5.75 Å². The molecule has 0 aliphatic heterocycles. The van der Waals surface area contributed by atoms with Crippen LogP contribution < -0.4 is 15.8 Å². The molecule has 2 unspecified atom stereocenters. The van der Waals surface area contributed by atoms with Crippen molar-refractivity contribution < 1.29 is 19.0 Å². The number of methoxy groups -OCH3 is 1. The fourth-order valence-electron chi connectivity index (χ4n) is 1.79. The molecule has 1 rings (SSSR count). The molecule has 2 atom stereocenters. The van der Waals surface area contributed by atoms with E-state index in [0.717, 1.165) is 0 Å². The van der Waals surface area contributed by atoms with Gasteiger partial charge in [-0.25, -0.2) is 0 Å². The zero-order chi connectivity index (χ0) is 15.8. The molecule has 21 heavy (non-hydrogen) atoms. The molecule has 0 aromatic heterocycles. The number of hydrogen-bond acceptors (Lipinski definition) is 5. The van der Waals surface area contributed by atoms with Gasteiger partial charge in [0.25, 0.3) is 5.91 Å². The highest BCUT2D eigenvalue weighted by Gasteiger charge is 2.18. The van der Waals surface area contributed by atoms with Gasteiger partial charge in [-0.05, 0) is 39.0 Å². The third kappa shape index (κ3) is 5.61. The van der Waals surface area contributed by atoms with Gasteiger partial charge in [0.15, 0.2) is 0 Å². The summed E-state index contributed by atoms with van der Waals surface area (Å²) < 4.78 is 16.0. The molecule has 118 valence electrons. The van der Waals surface area contributed by atoms with Crippen LogP contribution in [0.2, 0.25) is 0 Å². The molecular weight excluding hydrogens is 272 g/mol. The molecule has 0 spiro atoms. The summed E-state index contributed by atoms with van der Waals surface area (Å²) in [5.41, 5.74) is 6.78. The van der Waals surface area contributed by atoms with Gasteiger partial charge in [-0.15, -0.1) is 0 Å². The van der Waals surface area contributed by atoms with E-state index in [9.17, 15) is 4.79 Å². The highest BCUT2D eigenvalue weighted by Crippen LogP contribution is 2.26. The lowest BCUT2D eigenvalue weighted by Gasteiger charge is -2.19. The number of rotatable bonds is 8. The van der Waals surface area contributed by atoms with Crippen molar-refractivity contribution in [3.63, 3.8) is 0 Å². The molecule has 0 saturated carbocycles. The van der Waals surface area contributed by atoms with Gasteiger partial charge in [-0.2, -0.15) is 0 Å². The molecule has 0 aliphatic rings. The minimum atomic E-state index is -0.605. The monoisotopic (exact) mass is 296 g/mol. The van der Waals surface area contributed by atoms with Gasteiger partial charge < -0.3 is 25.3 Å². The Balaban J connectivity index is 2.61. The Labute approximate surface area is 125 Å². The molecule has 3 N–H and O–H groups in total. The van der Waals surface area contributed by atoms with E-state index in [2.05, 4.69) is 5.32 Å². The van der Waals surface area contributed by atoms with E-state index in [-0.39, 0.29) is 12.0 Å². The predicted octanol–water partition coefficient (Wildman–Crippen LogP) is 2.05. The predicted molar refractivity (Wildman–Crippen MR) is 82.5 cm³/mol. The average molecular weight is 296 g/mol. The van der Waals surface area contributed by atoms with Gasteiger partial charge in [0.2, 0.25) is 0 Å². The number of hydrogen-bond donors (Lipinski definition) is 2. The third-order valence-corrected chi connectivity index (χ3v) is 2.84. The van der Waals surface area contributed by atoms with E-state index in [1.807, 2.05) is 13.8 Å². The molecule has 6 heteroatoms. The first-order chi connectivity index (χ1) is 9.97. The lowest BCUT2D eigenvalue weighted by molar-refractivity contribution is -0.131. The number of nitrogens with one attached hydrogen (secondary N) is 1. The first kappa shape index (κ1) is 17.3. The Bertz CT molecular complexity index is 465. The Morgan fingerprint density at radius 1 is 1.38 bits per heavy atom. The van der Waals surface area contributed by atoms with Crippen molar-refractivity contribution >= 4 is 17.3 Å². The van der Waals surface area contributed by atoms with Crippen molar-refractivity contribution in [2.75, 3.05) is 31.4 Å². The van der Waals surface area contributed by atoms with Crippen LogP contribution in [0, 0.1) is 0 Å². The molecule has 0 aliphatic carbocycles. The maximum Gasteiger partial charge on any atom is 0.253 e. The SMILES string of the molecule is CCOCC(C)OC(C)C(=O)Nc1cc(N)ccc1OC. The second-order valence-electron chi connectivity index (χ2n) is 4.70. The molecular formula is C15H24N2O4. The molecule has 0 bridgehead atoms. The Morgan fingerprint density at radius 3 is 2.71 bits per heavy atom. The number of ether oxygens (including phenoxy) is 3. The summed E-state index contributed by atoms with van der Waals surface area (Å²) in [6.07, 6.45) is -0.764. The maximum absolute atomic E-state index is 12.1. The molecule has 1 aromatic carbocycles. The summed E-state index contributed by atoms with van der Waals surface area (Å²) in [5, 5.41) is 2.75. The van der Waals surface area contributed by atoms with Crippen molar-refractivity contribution in [2.24, 2.45) is 0 Å². The van der Waals surface area contributed by atoms with E-state index < -0.39 is 6.10 Å². The Kier molecular flexibility index (Phi) is 6.98. The lowest BCUT2D eigenvalue weighted by atomic mass is 10.2. The molecule has 0 fully saturated rings. The van der Waals surface area contributed by atoms with Crippen molar-refractivity contribution in [1.29, 1.82) is 0 Å². The fourth-order valence-corrected chi connectivity index (χ4v) is 1.79. The average Bonchev–Trinajstić information content (AvgIpc) is 2.45. The minimum absolute atomic E-state index is 0.159. The number of carbonyl (C=O) groups is 1. The van der Waals surface area contributed by atoms with Crippen LogP contribution in [0.1, 0.15) is 20.8 Å². The van der Waals surface area contributed by atoms with Gasteiger partial charge in [-0.1, -0.05) is 0 Å². The quantitative estimate of drug-likeness (QED) is 0.717. The number of nitrogen functional groups attached to an aromatic ring is 1. The number of anilines is 2. The van der Waals surface area contributed by atoms with Gasteiger partial charge in [0.1, 0.15) is 11.9 Å². The number of benzene rings is 1. The van der Waals surface area contributed by atoms with Gasteiger partial charge >= 0.3 is 0 Å².